The highest BCUT2D eigenvalue weighted by molar-refractivity contribution is 5.40. The summed E-state index contributed by atoms with van der Waals surface area (Å²) in [7, 11) is 0. The monoisotopic (exact) mass is 113 g/mol. The molecule has 2 heteroatoms. The molecule has 1 radical (unpaired) electrons. The summed E-state index contributed by atoms with van der Waals surface area (Å²) in [5, 5.41) is 0. The number of hydrogen-bond acceptors (Lipinski definition) is 2. The highest BCUT2D eigenvalue weighted by atomic mass is 16.5. The van der Waals surface area contributed by atoms with Crippen LogP contribution in [0.25, 0.3) is 0 Å². The van der Waals surface area contributed by atoms with Gasteiger partial charge in [-0.15, -0.1) is 0 Å². The maximum absolute atomic E-state index is 9.54. The lowest BCUT2D eigenvalue weighted by Gasteiger charge is -1.94. The summed E-state index contributed by atoms with van der Waals surface area (Å²) in [5.74, 6) is 0.667. The van der Waals surface area contributed by atoms with Gasteiger partial charge in [0.2, 0.25) is 0 Å². The summed E-state index contributed by atoms with van der Waals surface area (Å²) in [6, 6.07) is 0. The Labute approximate surface area is 49.1 Å². The smallest absolute Gasteiger partial charge is 0.422 e. The second-order valence-corrected chi connectivity index (χ2v) is 1.29. The van der Waals surface area contributed by atoms with Crippen LogP contribution in [0.4, 0.5) is 0 Å². The first-order valence-corrected chi connectivity index (χ1v) is 2.54. The Kier molecular flexibility index (Phi) is 3.94. The second kappa shape index (κ2) is 4.37. The van der Waals surface area contributed by atoms with Crippen LogP contribution >= 0.6 is 0 Å². The molecule has 0 spiro atoms. The summed E-state index contributed by atoms with van der Waals surface area (Å²) in [6.07, 6.45) is 2.48. The molecule has 0 saturated carbocycles. The highest BCUT2D eigenvalue weighted by Gasteiger charge is 1.88. The second-order valence-electron chi connectivity index (χ2n) is 1.29. The van der Waals surface area contributed by atoms with Crippen LogP contribution in [0, 0.1) is 0 Å². The minimum absolute atomic E-state index is 0.667. The Hall–Kier alpha value is -0.790. The number of hydrogen-bond donors (Lipinski definition) is 0. The van der Waals surface area contributed by atoms with Crippen LogP contribution in [0.1, 0.15) is 20.3 Å². The first-order valence-electron chi connectivity index (χ1n) is 2.54. The maximum Gasteiger partial charge on any atom is 0.422 e. The molecule has 0 fully saturated rings. The normalized spacial score (nSPS) is 11.0. The molecule has 0 aromatic heterocycles. The van der Waals surface area contributed by atoms with Gasteiger partial charge in [0.15, 0.2) is 0 Å². The fraction of sp³-hybridized carbons (Fsp3) is 0.500. The number of ether oxygens (including phenoxy) is 1. The Morgan fingerprint density at radius 3 is 2.62 bits per heavy atom. The van der Waals surface area contributed by atoms with Crippen LogP contribution in [0.3, 0.4) is 0 Å². The van der Waals surface area contributed by atoms with E-state index < -0.39 is 0 Å². The molecular weight excluding hydrogens is 104 g/mol. The molecule has 0 aromatic carbocycles. The van der Waals surface area contributed by atoms with Gasteiger partial charge in [-0.05, 0) is 13.0 Å². The summed E-state index contributed by atoms with van der Waals surface area (Å²) in [4.78, 5) is 9.54. The molecule has 0 aromatic rings. The third-order valence-electron chi connectivity index (χ3n) is 0.843. The van der Waals surface area contributed by atoms with Crippen molar-refractivity contribution < 1.29 is 9.53 Å². The summed E-state index contributed by atoms with van der Waals surface area (Å²) in [6.45, 7) is 5.08. The Morgan fingerprint density at radius 2 is 2.50 bits per heavy atom. The van der Waals surface area contributed by atoms with E-state index >= 15 is 0 Å². The van der Waals surface area contributed by atoms with Crippen molar-refractivity contribution in [1.29, 1.82) is 0 Å². The lowest BCUT2D eigenvalue weighted by Crippen LogP contribution is -1.85. The van der Waals surface area contributed by atoms with Crippen molar-refractivity contribution in [3.05, 3.63) is 11.8 Å². The molecule has 0 unspecified atom stereocenters. The van der Waals surface area contributed by atoms with Gasteiger partial charge in [0.05, 0.1) is 0 Å². The average Bonchev–Trinajstić information content (AvgIpc) is 1.83. The van der Waals surface area contributed by atoms with E-state index in [2.05, 4.69) is 4.74 Å². The first kappa shape index (κ1) is 7.21. The van der Waals surface area contributed by atoms with Crippen LogP contribution in [-0.4, -0.2) is 6.47 Å². The summed E-state index contributed by atoms with van der Waals surface area (Å²) < 4.78 is 4.40. The molecule has 2 nitrogen and oxygen atoms in total. The molecule has 0 atom stereocenters. The molecule has 0 N–H and O–H groups in total. The van der Waals surface area contributed by atoms with Gasteiger partial charge in [-0.2, -0.15) is 0 Å². The summed E-state index contributed by atoms with van der Waals surface area (Å²) in [5.41, 5.74) is 0. The standard InChI is InChI=1S/C6H9O2/c1-3-6(4-2)8-5-7/h3H,4H2,1-2H3/b6-3-. The van der Waals surface area contributed by atoms with Crippen molar-refractivity contribution in [3.63, 3.8) is 0 Å². The van der Waals surface area contributed by atoms with E-state index in [1.807, 2.05) is 13.8 Å². The van der Waals surface area contributed by atoms with Crippen molar-refractivity contribution in [2.24, 2.45) is 0 Å². The largest absolute Gasteiger partial charge is 0.423 e. The SMILES string of the molecule is C/C=C(/CC)O[C]=O. The number of rotatable bonds is 3. The molecule has 0 saturated heterocycles. The summed E-state index contributed by atoms with van der Waals surface area (Å²) >= 11 is 0. The Morgan fingerprint density at radius 1 is 1.88 bits per heavy atom. The van der Waals surface area contributed by atoms with Gasteiger partial charge in [-0.1, -0.05) is 6.92 Å². The zero-order valence-corrected chi connectivity index (χ0v) is 5.10. The van der Waals surface area contributed by atoms with Gasteiger partial charge < -0.3 is 4.74 Å². The van der Waals surface area contributed by atoms with E-state index in [1.54, 1.807) is 6.08 Å². The fourth-order valence-corrected chi connectivity index (χ4v) is 0.389. The zero-order valence-electron chi connectivity index (χ0n) is 5.10. The maximum atomic E-state index is 9.54. The zero-order chi connectivity index (χ0) is 6.41. The van der Waals surface area contributed by atoms with Crippen molar-refractivity contribution >= 4 is 6.47 Å². The minimum Gasteiger partial charge on any atom is -0.423 e. The van der Waals surface area contributed by atoms with Gasteiger partial charge in [0.1, 0.15) is 5.76 Å². The van der Waals surface area contributed by atoms with E-state index in [1.165, 1.54) is 6.47 Å². The van der Waals surface area contributed by atoms with E-state index in [4.69, 9.17) is 0 Å². The fourth-order valence-electron chi connectivity index (χ4n) is 0.389. The van der Waals surface area contributed by atoms with Crippen molar-refractivity contribution in [1.82, 2.24) is 0 Å². The first-order chi connectivity index (χ1) is 3.85. The van der Waals surface area contributed by atoms with Gasteiger partial charge in [0, 0.05) is 6.42 Å². The highest BCUT2D eigenvalue weighted by Crippen LogP contribution is 1.98. The van der Waals surface area contributed by atoms with Crippen LogP contribution in [0.15, 0.2) is 11.8 Å². The van der Waals surface area contributed by atoms with Crippen LogP contribution < -0.4 is 0 Å². The van der Waals surface area contributed by atoms with Crippen molar-refractivity contribution in [3.8, 4) is 0 Å². The van der Waals surface area contributed by atoms with Crippen LogP contribution in [0.5, 0.6) is 0 Å². The lowest BCUT2D eigenvalue weighted by molar-refractivity contribution is 0.351. The molecule has 0 bridgehead atoms. The quantitative estimate of drug-likeness (QED) is 0.517. The number of carbonyl (C=O) groups excluding carboxylic acids is 1. The van der Waals surface area contributed by atoms with Gasteiger partial charge in [-0.25, -0.2) is 4.79 Å². The molecule has 0 amide bonds. The van der Waals surface area contributed by atoms with Gasteiger partial charge >= 0.3 is 6.47 Å². The molecule has 0 aliphatic carbocycles. The molecule has 45 valence electrons. The predicted molar refractivity (Wildman–Crippen MR) is 30.8 cm³/mol. The molecule has 0 heterocycles. The Bertz CT molecular complexity index is 94.7. The molecule has 8 heavy (non-hydrogen) atoms. The van der Waals surface area contributed by atoms with Crippen molar-refractivity contribution in [2.75, 3.05) is 0 Å². The average molecular weight is 113 g/mol. The van der Waals surface area contributed by atoms with Crippen LogP contribution in [0.2, 0.25) is 0 Å². The van der Waals surface area contributed by atoms with Crippen LogP contribution in [-0.2, 0) is 9.53 Å². The molecular formula is C6H9O2. The van der Waals surface area contributed by atoms with Crippen molar-refractivity contribution in [2.45, 2.75) is 20.3 Å². The predicted octanol–water partition coefficient (Wildman–Crippen LogP) is 1.38. The van der Waals surface area contributed by atoms with E-state index in [0.29, 0.717) is 5.76 Å². The van der Waals surface area contributed by atoms with E-state index in [-0.39, 0.29) is 0 Å². The molecule has 0 rings (SSSR count). The molecule has 0 aliphatic rings. The molecule has 0 aliphatic heterocycles. The van der Waals surface area contributed by atoms with E-state index in [0.717, 1.165) is 6.42 Å². The third kappa shape index (κ3) is 2.39. The number of allylic oxidation sites excluding steroid dienone is 2. The van der Waals surface area contributed by atoms with E-state index in [9.17, 15) is 4.79 Å². The minimum atomic E-state index is 0.667. The van der Waals surface area contributed by atoms with Gasteiger partial charge in [0.25, 0.3) is 0 Å². The third-order valence-corrected chi connectivity index (χ3v) is 0.843. The Balaban J connectivity index is 3.53. The lowest BCUT2D eigenvalue weighted by atomic mass is 10.4. The topological polar surface area (TPSA) is 26.3 Å². The van der Waals surface area contributed by atoms with Gasteiger partial charge in [-0.3, -0.25) is 0 Å².